The summed E-state index contributed by atoms with van der Waals surface area (Å²) in [6, 6.07) is 14.5. The Balaban J connectivity index is 1.55. The molecule has 2 atom stereocenters. The lowest BCUT2D eigenvalue weighted by Gasteiger charge is -2.37. The van der Waals surface area contributed by atoms with Crippen LogP contribution < -0.4 is 9.47 Å². The number of esters is 2. The molecule has 2 aliphatic heterocycles. The lowest BCUT2D eigenvalue weighted by atomic mass is 9.92. The Labute approximate surface area is 400 Å². The smallest absolute Gasteiger partial charge is 0.418 e. The topological polar surface area (TPSA) is 118 Å². The molecule has 2 amide bonds. The number of hydrogen-bond donors (Lipinski definition) is 0. The highest BCUT2D eigenvalue weighted by molar-refractivity contribution is 7.99. The number of ether oxygens (including phenoxy) is 4. The summed E-state index contributed by atoms with van der Waals surface area (Å²) in [5.41, 5.74) is -3.85. The SMILES string of the molecule is CCOc1ccccc1-c1c(/C=C/C(=O)N2CCN(C)CC2C(=O)OC)ccc(Sc2ccc(/C=C/C(=O)N3CCN(C)CC3C(=O)OC)c(-c3ccccc3OCC)c2C(F)(F)F)c1C(F)(F)F. The zero-order valence-electron chi connectivity index (χ0n) is 38.8. The van der Waals surface area contributed by atoms with Crippen LogP contribution in [0, 0.1) is 0 Å². The van der Waals surface area contributed by atoms with Gasteiger partial charge in [0.25, 0.3) is 0 Å². The summed E-state index contributed by atoms with van der Waals surface area (Å²) in [5, 5.41) is 0. The molecule has 69 heavy (non-hydrogen) atoms. The molecule has 368 valence electrons. The Morgan fingerprint density at radius 1 is 0.594 bits per heavy atom. The maximum absolute atomic E-state index is 15.9. The van der Waals surface area contributed by atoms with E-state index < -0.39 is 80.2 Å². The van der Waals surface area contributed by atoms with Crippen LogP contribution in [-0.2, 0) is 41.0 Å². The van der Waals surface area contributed by atoms with Crippen LogP contribution in [0.4, 0.5) is 26.3 Å². The number of hydrogen-bond acceptors (Lipinski definition) is 11. The lowest BCUT2D eigenvalue weighted by Crippen LogP contribution is -2.57. The molecule has 0 saturated carbocycles. The van der Waals surface area contributed by atoms with Crippen molar-refractivity contribution >= 4 is 47.7 Å². The number of piperazine rings is 2. The Kier molecular flexibility index (Phi) is 16.9. The van der Waals surface area contributed by atoms with Gasteiger partial charge in [-0.2, -0.15) is 26.3 Å². The van der Waals surface area contributed by atoms with Gasteiger partial charge in [-0.15, -0.1) is 0 Å². The molecular weight excluding hydrogens is 931 g/mol. The summed E-state index contributed by atoms with van der Waals surface area (Å²) >= 11 is 0.242. The van der Waals surface area contributed by atoms with E-state index >= 15 is 26.3 Å². The van der Waals surface area contributed by atoms with Crippen LogP contribution in [0.5, 0.6) is 11.5 Å². The first kappa shape index (κ1) is 52.1. The minimum Gasteiger partial charge on any atom is -0.493 e. The van der Waals surface area contributed by atoms with Crippen molar-refractivity contribution in [3.8, 4) is 33.8 Å². The van der Waals surface area contributed by atoms with Crippen LogP contribution in [-0.4, -0.2) is 136 Å². The summed E-state index contributed by atoms with van der Waals surface area (Å²) in [5.74, 6) is -2.60. The number of carbonyl (C=O) groups excluding carboxylic acids is 4. The molecule has 2 saturated heterocycles. The van der Waals surface area contributed by atoms with Gasteiger partial charge in [-0.1, -0.05) is 60.3 Å². The van der Waals surface area contributed by atoms with Crippen LogP contribution in [0.2, 0.25) is 0 Å². The molecule has 4 aromatic rings. The zero-order chi connectivity index (χ0) is 50.2. The van der Waals surface area contributed by atoms with Crippen LogP contribution in [0.1, 0.15) is 36.1 Å². The number of alkyl halides is 6. The first-order valence-corrected chi connectivity index (χ1v) is 22.7. The van der Waals surface area contributed by atoms with E-state index in [2.05, 4.69) is 0 Å². The van der Waals surface area contributed by atoms with Crippen molar-refractivity contribution in [2.24, 2.45) is 0 Å². The highest BCUT2D eigenvalue weighted by Gasteiger charge is 2.42. The van der Waals surface area contributed by atoms with Gasteiger partial charge in [-0.05, 0) is 75.5 Å². The van der Waals surface area contributed by atoms with Crippen molar-refractivity contribution in [3.63, 3.8) is 0 Å². The first-order chi connectivity index (χ1) is 32.8. The summed E-state index contributed by atoms with van der Waals surface area (Å²) in [4.78, 5) is 57.8. The Morgan fingerprint density at radius 2 is 0.971 bits per heavy atom. The monoisotopic (exact) mass is 982 g/mol. The molecule has 0 radical (unpaired) electrons. The number of carbonyl (C=O) groups is 4. The van der Waals surface area contributed by atoms with E-state index in [0.29, 0.717) is 13.1 Å². The van der Waals surface area contributed by atoms with Crippen molar-refractivity contribution in [1.29, 1.82) is 0 Å². The van der Waals surface area contributed by atoms with E-state index in [-0.39, 0.29) is 84.9 Å². The third-order valence-corrected chi connectivity index (χ3v) is 12.7. The van der Waals surface area contributed by atoms with Gasteiger partial charge in [0, 0.05) is 83.5 Å². The third-order valence-electron chi connectivity index (χ3n) is 11.6. The average Bonchev–Trinajstić information content (AvgIpc) is 3.31. The molecule has 12 nitrogen and oxygen atoms in total. The van der Waals surface area contributed by atoms with E-state index in [0.717, 1.165) is 24.3 Å². The second-order valence-corrected chi connectivity index (χ2v) is 17.2. The third kappa shape index (κ3) is 11.9. The van der Waals surface area contributed by atoms with Crippen LogP contribution in [0.15, 0.2) is 94.7 Å². The lowest BCUT2D eigenvalue weighted by molar-refractivity contribution is -0.154. The molecule has 0 N–H and O–H groups in total. The van der Waals surface area contributed by atoms with Gasteiger partial charge in [-0.25, -0.2) is 9.59 Å². The summed E-state index contributed by atoms with van der Waals surface area (Å²) in [6.45, 7) is 4.78. The molecule has 19 heteroatoms. The van der Waals surface area contributed by atoms with Crippen LogP contribution in [0.3, 0.4) is 0 Å². The molecule has 6 rings (SSSR count). The van der Waals surface area contributed by atoms with Gasteiger partial charge in [0.1, 0.15) is 23.6 Å². The highest BCUT2D eigenvalue weighted by atomic mass is 32.2. The fraction of sp³-hybridized carbons (Fsp3) is 0.360. The van der Waals surface area contributed by atoms with Crippen molar-refractivity contribution in [3.05, 3.63) is 107 Å². The fourth-order valence-corrected chi connectivity index (χ4v) is 9.52. The zero-order valence-corrected chi connectivity index (χ0v) is 39.6. The molecule has 2 aliphatic rings. The summed E-state index contributed by atoms with van der Waals surface area (Å²) in [7, 11) is 5.89. The molecule has 2 heterocycles. The summed E-state index contributed by atoms with van der Waals surface area (Å²) < 4.78 is 117. The number of para-hydroxylation sites is 2. The number of amides is 2. The molecule has 0 spiro atoms. The second kappa shape index (κ2) is 22.4. The Bertz CT molecular complexity index is 2430. The predicted octanol–water partition coefficient (Wildman–Crippen LogP) is 8.66. The van der Waals surface area contributed by atoms with E-state index in [4.69, 9.17) is 18.9 Å². The molecule has 0 bridgehead atoms. The summed E-state index contributed by atoms with van der Waals surface area (Å²) in [6.07, 6.45) is -5.94. The number of methoxy groups -OCH3 is 2. The first-order valence-electron chi connectivity index (χ1n) is 21.9. The van der Waals surface area contributed by atoms with Crippen LogP contribution in [0.25, 0.3) is 34.4 Å². The quantitative estimate of drug-likeness (QED) is 0.0687. The van der Waals surface area contributed by atoms with Gasteiger partial charge < -0.3 is 38.5 Å². The molecule has 0 aliphatic carbocycles. The predicted molar refractivity (Wildman–Crippen MR) is 248 cm³/mol. The van der Waals surface area contributed by atoms with E-state index in [9.17, 15) is 19.2 Å². The number of benzene rings is 4. The van der Waals surface area contributed by atoms with E-state index in [1.165, 1.54) is 84.7 Å². The van der Waals surface area contributed by atoms with Crippen molar-refractivity contribution in [1.82, 2.24) is 19.6 Å². The standard InChI is InChI=1S/C50H52F6N4O8S/c1-7-67-37-15-11-9-13-33(37)43-31(19-23-41(61)59-27-25-57(3)29-35(59)47(63)65-5)17-21-39(45(43)49(51,52)53)69-40-22-18-32(20-24-42(62)60-28-26-58(4)30-36(60)48(64)66-6)44(46(40)50(54,55)56)34-14-10-12-16-38(34)68-8-2/h9-24,35-36H,7-8,25-30H2,1-6H3/b23-19+,24-20+. The maximum atomic E-state index is 15.9. The average molecular weight is 983 g/mol. The minimum absolute atomic E-state index is 0.0458. The normalized spacial score (nSPS) is 17.3. The van der Waals surface area contributed by atoms with Crippen LogP contribution >= 0.6 is 11.8 Å². The Morgan fingerprint density at radius 3 is 1.32 bits per heavy atom. The molecule has 2 unspecified atom stereocenters. The van der Waals surface area contributed by atoms with Crippen molar-refractivity contribution in [2.45, 2.75) is 48.1 Å². The molecule has 0 aromatic heterocycles. The van der Waals surface area contributed by atoms with Gasteiger partial charge in [-0.3, -0.25) is 9.59 Å². The molecular formula is C50H52F6N4O8S. The van der Waals surface area contributed by atoms with Gasteiger partial charge in [0.15, 0.2) is 0 Å². The molecule has 2 fully saturated rings. The van der Waals surface area contributed by atoms with Crippen molar-refractivity contribution in [2.75, 3.05) is 80.8 Å². The van der Waals surface area contributed by atoms with Crippen molar-refractivity contribution < 1.29 is 64.5 Å². The Hall–Kier alpha value is -6.31. The minimum atomic E-state index is -5.20. The second-order valence-electron chi connectivity index (χ2n) is 16.1. The number of rotatable bonds is 14. The van der Waals surface area contributed by atoms with Gasteiger partial charge >= 0.3 is 24.3 Å². The molecule has 4 aromatic carbocycles. The number of nitrogens with zero attached hydrogens (tertiary/aromatic N) is 4. The van der Waals surface area contributed by atoms with E-state index in [1.54, 1.807) is 40.1 Å². The van der Waals surface area contributed by atoms with Gasteiger partial charge in [0.2, 0.25) is 11.8 Å². The number of halogens is 6. The van der Waals surface area contributed by atoms with E-state index in [1.807, 2.05) is 9.80 Å². The van der Waals surface area contributed by atoms with Gasteiger partial charge in [0.05, 0.1) is 38.6 Å². The number of likely N-dealkylation sites (N-methyl/N-ethyl adjacent to an activating group) is 2. The maximum Gasteiger partial charge on any atom is 0.418 e. The highest BCUT2D eigenvalue weighted by Crippen LogP contribution is 2.52. The fourth-order valence-electron chi connectivity index (χ4n) is 8.37. The largest absolute Gasteiger partial charge is 0.493 e.